The third kappa shape index (κ3) is 4.03. The largest absolute Gasteiger partial charge is 0.573 e. The quantitative estimate of drug-likeness (QED) is 0.874. The summed E-state index contributed by atoms with van der Waals surface area (Å²) in [6.07, 6.45) is -2.81. The molecule has 0 saturated carbocycles. The summed E-state index contributed by atoms with van der Waals surface area (Å²) >= 11 is 2.98. The predicted molar refractivity (Wildman–Crippen MR) is 70.7 cm³/mol. The Morgan fingerprint density at radius 3 is 2.50 bits per heavy atom. The molecule has 2 rings (SSSR count). The van der Waals surface area contributed by atoms with Gasteiger partial charge in [-0.1, -0.05) is 0 Å². The van der Waals surface area contributed by atoms with Crippen molar-refractivity contribution in [2.75, 3.05) is 18.4 Å². The monoisotopic (exact) mass is 352 g/mol. The number of carbonyl (C=O) groups is 1. The van der Waals surface area contributed by atoms with Crippen molar-refractivity contribution in [1.29, 1.82) is 0 Å². The van der Waals surface area contributed by atoms with Crippen LogP contribution in [0.25, 0.3) is 0 Å². The van der Waals surface area contributed by atoms with E-state index < -0.39 is 6.36 Å². The normalized spacial score (nSPS) is 15.3. The average Bonchev–Trinajstić information content (AvgIpc) is 2.85. The number of amides is 2. The molecule has 2 amide bonds. The SMILES string of the molecule is O=C(Nc1ccc(OC(F)(F)F)c(Br)c1)N1CCCC1. The van der Waals surface area contributed by atoms with Gasteiger partial charge in [0, 0.05) is 18.8 Å². The molecule has 1 aromatic carbocycles. The van der Waals surface area contributed by atoms with E-state index in [2.05, 4.69) is 26.0 Å². The van der Waals surface area contributed by atoms with E-state index in [1.807, 2.05) is 0 Å². The van der Waals surface area contributed by atoms with Crippen LogP contribution in [0, 0.1) is 0 Å². The van der Waals surface area contributed by atoms with Gasteiger partial charge in [0.05, 0.1) is 4.47 Å². The zero-order valence-electron chi connectivity index (χ0n) is 10.3. The first-order valence-electron chi connectivity index (χ1n) is 5.96. The number of hydrogen-bond acceptors (Lipinski definition) is 2. The fourth-order valence-corrected chi connectivity index (χ4v) is 2.37. The van der Waals surface area contributed by atoms with Crippen molar-refractivity contribution >= 4 is 27.6 Å². The molecule has 1 fully saturated rings. The topological polar surface area (TPSA) is 41.6 Å². The number of ether oxygens (including phenoxy) is 1. The summed E-state index contributed by atoms with van der Waals surface area (Å²) in [5, 5.41) is 2.63. The van der Waals surface area contributed by atoms with E-state index in [0.29, 0.717) is 18.8 Å². The molecule has 1 N–H and O–H groups in total. The number of benzene rings is 1. The van der Waals surface area contributed by atoms with Crippen LogP contribution in [0.15, 0.2) is 22.7 Å². The van der Waals surface area contributed by atoms with E-state index in [1.165, 1.54) is 12.1 Å². The Kier molecular flexibility index (Phi) is 4.42. The molecule has 1 aliphatic rings. The second-order valence-corrected chi connectivity index (χ2v) is 5.17. The van der Waals surface area contributed by atoms with Gasteiger partial charge in [-0.3, -0.25) is 0 Å². The fraction of sp³-hybridized carbons (Fsp3) is 0.417. The molecule has 0 radical (unpaired) electrons. The van der Waals surface area contributed by atoms with Crippen molar-refractivity contribution < 1.29 is 22.7 Å². The van der Waals surface area contributed by atoms with Crippen LogP contribution in [0.2, 0.25) is 0 Å². The standard InChI is InChI=1S/C12H12BrF3N2O2/c13-9-7-8(3-4-10(9)20-12(14,15)16)17-11(19)18-5-1-2-6-18/h3-4,7H,1-2,5-6H2,(H,17,19). The fourth-order valence-electron chi connectivity index (χ4n) is 1.91. The van der Waals surface area contributed by atoms with Crippen molar-refractivity contribution in [1.82, 2.24) is 4.90 Å². The Hall–Kier alpha value is -1.44. The van der Waals surface area contributed by atoms with Gasteiger partial charge < -0.3 is 15.0 Å². The lowest BCUT2D eigenvalue weighted by Gasteiger charge is -2.17. The summed E-state index contributed by atoms with van der Waals surface area (Å²) < 4.78 is 40.3. The maximum absolute atomic E-state index is 12.1. The number of rotatable bonds is 2. The molecule has 110 valence electrons. The summed E-state index contributed by atoms with van der Waals surface area (Å²) in [5.74, 6) is -0.350. The van der Waals surface area contributed by atoms with Gasteiger partial charge >= 0.3 is 12.4 Å². The van der Waals surface area contributed by atoms with Gasteiger partial charge in [-0.15, -0.1) is 13.2 Å². The Morgan fingerprint density at radius 2 is 1.95 bits per heavy atom. The number of nitrogens with one attached hydrogen (secondary N) is 1. The summed E-state index contributed by atoms with van der Waals surface area (Å²) in [6.45, 7) is 1.39. The molecule has 1 heterocycles. The third-order valence-corrected chi connectivity index (χ3v) is 3.42. The molecule has 20 heavy (non-hydrogen) atoms. The molecule has 1 saturated heterocycles. The maximum Gasteiger partial charge on any atom is 0.573 e. The average molecular weight is 353 g/mol. The van der Waals surface area contributed by atoms with Gasteiger partial charge in [0.15, 0.2) is 0 Å². The highest BCUT2D eigenvalue weighted by Crippen LogP contribution is 2.32. The Balaban J connectivity index is 2.03. The van der Waals surface area contributed by atoms with Crippen molar-refractivity contribution in [2.45, 2.75) is 19.2 Å². The number of likely N-dealkylation sites (tertiary alicyclic amines) is 1. The van der Waals surface area contributed by atoms with Crippen molar-refractivity contribution in [3.63, 3.8) is 0 Å². The molecule has 1 aliphatic heterocycles. The lowest BCUT2D eigenvalue weighted by atomic mass is 10.3. The molecule has 1 aromatic rings. The highest BCUT2D eigenvalue weighted by atomic mass is 79.9. The lowest BCUT2D eigenvalue weighted by Crippen LogP contribution is -2.32. The van der Waals surface area contributed by atoms with Crippen LogP contribution in [-0.4, -0.2) is 30.4 Å². The molecule has 4 nitrogen and oxygen atoms in total. The highest BCUT2D eigenvalue weighted by Gasteiger charge is 2.32. The van der Waals surface area contributed by atoms with Crippen LogP contribution in [0.5, 0.6) is 5.75 Å². The van der Waals surface area contributed by atoms with Gasteiger partial charge in [0.1, 0.15) is 5.75 Å². The molecular weight excluding hydrogens is 341 g/mol. The summed E-state index contributed by atoms with van der Waals surface area (Å²) in [5.41, 5.74) is 0.406. The van der Waals surface area contributed by atoms with Gasteiger partial charge in [0.25, 0.3) is 0 Å². The highest BCUT2D eigenvalue weighted by molar-refractivity contribution is 9.10. The van der Waals surface area contributed by atoms with E-state index in [4.69, 9.17) is 0 Å². The number of urea groups is 1. The Morgan fingerprint density at radius 1 is 1.30 bits per heavy atom. The Bertz CT molecular complexity index is 502. The van der Waals surface area contributed by atoms with Crippen LogP contribution in [-0.2, 0) is 0 Å². The second kappa shape index (κ2) is 5.90. The smallest absolute Gasteiger partial charge is 0.405 e. The van der Waals surface area contributed by atoms with Gasteiger partial charge in [-0.25, -0.2) is 4.79 Å². The lowest BCUT2D eigenvalue weighted by molar-refractivity contribution is -0.274. The van der Waals surface area contributed by atoms with Crippen LogP contribution in [0.4, 0.5) is 23.7 Å². The van der Waals surface area contributed by atoms with E-state index in [9.17, 15) is 18.0 Å². The number of nitrogens with zero attached hydrogens (tertiary/aromatic N) is 1. The van der Waals surface area contributed by atoms with E-state index in [-0.39, 0.29) is 16.3 Å². The number of carbonyl (C=O) groups excluding carboxylic acids is 1. The van der Waals surface area contributed by atoms with Crippen molar-refractivity contribution in [3.05, 3.63) is 22.7 Å². The summed E-state index contributed by atoms with van der Waals surface area (Å²) in [7, 11) is 0. The van der Waals surface area contributed by atoms with Crippen molar-refractivity contribution in [2.24, 2.45) is 0 Å². The van der Waals surface area contributed by atoms with Crippen LogP contribution in [0.3, 0.4) is 0 Å². The molecule has 0 aliphatic carbocycles. The molecule has 0 atom stereocenters. The Labute approximate surface area is 122 Å². The van der Waals surface area contributed by atoms with Gasteiger partial charge in [0.2, 0.25) is 0 Å². The molecular formula is C12H12BrF3N2O2. The molecule has 0 spiro atoms. The third-order valence-electron chi connectivity index (χ3n) is 2.80. The summed E-state index contributed by atoms with van der Waals surface area (Å²) in [6, 6.07) is 3.63. The predicted octanol–water partition coefficient (Wildman–Crippen LogP) is 3.98. The number of hydrogen-bond donors (Lipinski definition) is 1. The zero-order chi connectivity index (χ0) is 14.8. The minimum absolute atomic E-state index is 0.119. The van der Waals surface area contributed by atoms with Crippen LogP contribution < -0.4 is 10.1 Å². The minimum atomic E-state index is -4.75. The first-order valence-corrected chi connectivity index (χ1v) is 6.76. The molecule has 0 aromatic heterocycles. The second-order valence-electron chi connectivity index (χ2n) is 4.32. The van der Waals surface area contributed by atoms with Gasteiger partial charge in [-0.2, -0.15) is 0 Å². The van der Waals surface area contributed by atoms with E-state index in [1.54, 1.807) is 4.90 Å². The summed E-state index contributed by atoms with van der Waals surface area (Å²) in [4.78, 5) is 13.5. The first-order chi connectivity index (χ1) is 9.35. The number of halogens is 4. The van der Waals surface area contributed by atoms with Crippen LogP contribution in [0.1, 0.15) is 12.8 Å². The van der Waals surface area contributed by atoms with Crippen molar-refractivity contribution in [3.8, 4) is 5.75 Å². The number of alkyl halides is 3. The molecule has 0 bridgehead atoms. The van der Waals surface area contributed by atoms with Crippen LogP contribution >= 0.6 is 15.9 Å². The minimum Gasteiger partial charge on any atom is -0.405 e. The molecule has 0 unspecified atom stereocenters. The number of anilines is 1. The maximum atomic E-state index is 12.1. The van der Waals surface area contributed by atoms with Gasteiger partial charge in [-0.05, 0) is 47.0 Å². The first kappa shape index (κ1) is 15.0. The van der Waals surface area contributed by atoms with E-state index in [0.717, 1.165) is 18.9 Å². The van der Waals surface area contributed by atoms with E-state index >= 15 is 0 Å². The zero-order valence-corrected chi connectivity index (χ0v) is 11.9. The molecule has 8 heteroatoms.